The molecule has 27 heavy (non-hydrogen) atoms. The molecule has 0 aliphatic carbocycles. The Balaban J connectivity index is 1.55. The number of thiocarbonyl (C=S) groups is 1. The summed E-state index contributed by atoms with van der Waals surface area (Å²) in [6.45, 7) is 2.96. The van der Waals surface area contributed by atoms with Crippen molar-refractivity contribution in [2.75, 3.05) is 41.8 Å². The topological polar surface area (TPSA) is 75.5 Å². The molecule has 0 radical (unpaired) electrons. The molecule has 4 rings (SSSR count). The van der Waals surface area contributed by atoms with E-state index in [1.54, 1.807) is 18.2 Å². The van der Waals surface area contributed by atoms with E-state index in [0.29, 0.717) is 50.8 Å². The van der Waals surface area contributed by atoms with E-state index in [4.69, 9.17) is 44.8 Å². The van der Waals surface area contributed by atoms with Gasteiger partial charge in [0.2, 0.25) is 0 Å². The summed E-state index contributed by atoms with van der Waals surface area (Å²) in [4.78, 5) is 2.20. The van der Waals surface area contributed by atoms with Crippen LogP contribution in [0.3, 0.4) is 0 Å². The van der Waals surface area contributed by atoms with E-state index in [-0.39, 0.29) is 0 Å². The van der Waals surface area contributed by atoms with Gasteiger partial charge in [0.05, 0.1) is 35.3 Å². The maximum atomic E-state index is 6.17. The van der Waals surface area contributed by atoms with Crippen molar-refractivity contribution in [1.29, 1.82) is 0 Å². The fraction of sp³-hybridized carbons (Fsp3) is 0.235. The number of benzene rings is 2. The van der Waals surface area contributed by atoms with Crippen LogP contribution in [0.2, 0.25) is 10.0 Å². The number of halogens is 2. The molecule has 0 spiro atoms. The number of ether oxygens (including phenoxy) is 1. The van der Waals surface area contributed by atoms with Crippen LogP contribution in [0.25, 0.3) is 11.0 Å². The SMILES string of the molecule is S=C(Nc1ccc(Cl)cc1Cl)Nc1ccc(N2CCOCC2)c2nonc12. The third-order valence-corrected chi connectivity index (χ3v) is 4.93. The first-order valence-corrected chi connectivity index (χ1v) is 9.39. The molecular formula is C17H15Cl2N5O2S. The molecule has 2 heterocycles. The summed E-state index contributed by atoms with van der Waals surface area (Å²) in [6, 6.07) is 9.00. The highest BCUT2D eigenvalue weighted by atomic mass is 35.5. The van der Waals surface area contributed by atoms with Crippen LogP contribution in [-0.4, -0.2) is 41.7 Å². The monoisotopic (exact) mass is 423 g/mol. The third kappa shape index (κ3) is 3.93. The zero-order valence-corrected chi connectivity index (χ0v) is 16.4. The van der Waals surface area contributed by atoms with Gasteiger partial charge in [0.25, 0.3) is 0 Å². The first-order valence-electron chi connectivity index (χ1n) is 8.23. The van der Waals surface area contributed by atoms with E-state index < -0.39 is 0 Å². The van der Waals surface area contributed by atoms with Crippen LogP contribution in [-0.2, 0) is 4.74 Å². The van der Waals surface area contributed by atoms with Gasteiger partial charge in [-0.15, -0.1) is 0 Å². The molecule has 1 aromatic heterocycles. The first kappa shape index (κ1) is 18.2. The fourth-order valence-corrected chi connectivity index (χ4v) is 3.56. The average Bonchev–Trinajstić information content (AvgIpc) is 3.15. The maximum Gasteiger partial charge on any atom is 0.175 e. The van der Waals surface area contributed by atoms with E-state index >= 15 is 0 Å². The molecule has 0 bridgehead atoms. The Morgan fingerprint density at radius 1 is 1.00 bits per heavy atom. The molecule has 1 aliphatic heterocycles. The predicted molar refractivity (Wildman–Crippen MR) is 111 cm³/mol. The Kier molecular flexibility index (Phi) is 5.31. The van der Waals surface area contributed by atoms with Crippen molar-refractivity contribution in [2.45, 2.75) is 0 Å². The smallest absolute Gasteiger partial charge is 0.175 e. The van der Waals surface area contributed by atoms with E-state index in [0.717, 1.165) is 18.8 Å². The number of morpholine rings is 1. The van der Waals surface area contributed by atoms with Gasteiger partial charge in [-0.25, -0.2) is 4.63 Å². The number of aromatic nitrogens is 2. The van der Waals surface area contributed by atoms with E-state index in [1.165, 1.54) is 0 Å². The molecule has 2 aromatic carbocycles. The zero-order valence-electron chi connectivity index (χ0n) is 14.0. The lowest BCUT2D eigenvalue weighted by molar-refractivity contribution is 0.123. The summed E-state index contributed by atoms with van der Waals surface area (Å²) >= 11 is 17.5. The number of fused-ring (bicyclic) bond motifs is 1. The highest BCUT2D eigenvalue weighted by molar-refractivity contribution is 7.80. The van der Waals surface area contributed by atoms with Gasteiger partial charge in [-0.2, -0.15) is 0 Å². The Labute approximate surface area is 170 Å². The molecule has 2 N–H and O–H groups in total. The number of nitrogens with zero attached hydrogens (tertiary/aromatic N) is 3. The van der Waals surface area contributed by atoms with E-state index in [9.17, 15) is 0 Å². The van der Waals surface area contributed by atoms with Crippen molar-refractivity contribution in [2.24, 2.45) is 0 Å². The molecular weight excluding hydrogens is 409 g/mol. The number of hydrogen-bond donors (Lipinski definition) is 2. The van der Waals surface area contributed by atoms with Crippen molar-refractivity contribution in [1.82, 2.24) is 10.3 Å². The lowest BCUT2D eigenvalue weighted by Gasteiger charge is -2.28. The summed E-state index contributed by atoms with van der Waals surface area (Å²) in [6.07, 6.45) is 0. The molecule has 0 amide bonds. The van der Waals surface area contributed by atoms with Crippen LogP contribution in [0.4, 0.5) is 17.1 Å². The van der Waals surface area contributed by atoms with E-state index in [1.807, 2.05) is 12.1 Å². The molecule has 3 aromatic rings. The number of nitrogens with one attached hydrogen (secondary N) is 2. The van der Waals surface area contributed by atoms with Gasteiger partial charge < -0.3 is 20.3 Å². The molecule has 0 atom stereocenters. The van der Waals surface area contributed by atoms with Gasteiger partial charge in [0, 0.05) is 18.1 Å². The summed E-state index contributed by atoms with van der Waals surface area (Å²) in [7, 11) is 0. The molecule has 140 valence electrons. The largest absolute Gasteiger partial charge is 0.378 e. The highest BCUT2D eigenvalue weighted by Gasteiger charge is 2.19. The minimum Gasteiger partial charge on any atom is -0.378 e. The van der Waals surface area contributed by atoms with E-state index in [2.05, 4.69) is 25.8 Å². The highest BCUT2D eigenvalue weighted by Crippen LogP contribution is 2.31. The van der Waals surface area contributed by atoms with Crippen molar-refractivity contribution >= 4 is 68.6 Å². The van der Waals surface area contributed by atoms with Crippen molar-refractivity contribution in [3.05, 3.63) is 40.4 Å². The van der Waals surface area contributed by atoms with Crippen LogP contribution < -0.4 is 15.5 Å². The summed E-state index contributed by atoms with van der Waals surface area (Å²) in [5.74, 6) is 0. The summed E-state index contributed by atoms with van der Waals surface area (Å²) in [5.41, 5.74) is 3.57. The third-order valence-electron chi connectivity index (χ3n) is 4.17. The molecule has 1 aliphatic rings. The Morgan fingerprint density at radius 3 is 2.48 bits per heavy atom. The first-order chi connectivity index (χ1) is 13.1. The standard InChI is InChI=1S/C17H15Cl2N5O2S/c18-10-1-2-12(11(19)9-10)20-17(27)21-13-3-4-14(16-15(13)22-26-23-16)24-5-7-25-8-6-24/h1-4,9H,5-8H2,(H2,20,21,27). The maximum absolute atomic E-state index is 6.17. The second-order valence-corrected chi connectivity index (χ2v) is 7.15. The molecule has 0 unspecified atom stereocenters. The van der Waals surface area contributed by atoms with Gasteiger partial charge in [-0.05, 0) is 52.9 Å². The lowest BCUT2D eigenvalue weighted by atomic mass is 10.2. The summed E-state index contributed by atoms with van der Waals surface area (Å²) < 4.78 is 10.4. The second-order valence-electron chi connectivity index (χ2n) is 5.90. The van der Waals surface area contributed by atoms with Gasteiger partial charge in [-0.3, -0.25) is 0 Å². The summed E-state index contributed by atoms with van der Waals surface area (Å²) in [5, 5.41) is 15.6. The van der Waals surface area contributed by atoms with Crippen LogP contribution in [0.5, 0.6) is 0 Å². The molecule has 7 nitrogen and oxygen atoms in total. The zero-order chi connectivity index (χ0) is 18.8. The lowest BCUT2D eigenvalue weighted by Crippen LogP contribution is -2.36. The van der Waals surface area contributed by atoms with Crippen molar-refractivity contribution in [3.8, 4) is 0 Å². The molecule has 1 fully saturated rings. The number of anilines is 3. The van der Waals surface area contributed by atoms with Gasteiger partial charge >= 0.3 is 0 Å². The van der Waals surface area contributed by atoms with Gasteiger partial charge in [0.15, 0.2) is 16.1 Å². The van der Waals surface area contributed by atoms with Gasteiger partial charge in [-0.1, -0.05) is 23.2 Å². The van der Waals surface area contributed by atoms with Crippen LogP contribution in [0, 0.1) is 0 Å². The van der Waals surface area contributed by atoms with Crippen molar-refractivity contribution in [3.63, 3.8) is 0 Å². The Hall–Kier alpha value is -2.13. The minimum atomic E-state index is 0.364. The van der Waals surface area contributed by atoms with Crippen LogP contribution >= 0.6 is 35.4 Å². The number of rotatable bonds is 3. The quantitative estimate of drug-likeness (QED) is 0.607. The van der Waals surface area contributed by atoms with Crippen LogP contribution in [0.1, 0.15) is 0 Å². The van der Waals surface area contributed by atoms with Crippen LogP contribution in [0.15, 0.2) is 35.0 Å². The minimum absolute atomic E-state index is 0.364. The van der Waals surface area contributed by atoms with Crippen molar-refractivity contribution < 1.29 is 9.37 Å². The van der Waals surface area contributed by atoms with Gasteiger partial charge in [0.1, 0.15) is 0 Å². The average molecular weight is 424 g/mol. The fourth-order valence-electron chi connectivity index (χ4n) is 2.88. The normalized spacial score (nSPS) is 14.4. The molecule has 10 heteroatoms. The molecule has 0 saturated carbocycles. The predicted octanol–water partition coefficient (Wildman–Crippen LogP) is 4.18. The molecule has 1 saturated heterocycles. The second kappa shape index (κ2) is 7.85. The Bertz CT molecular complexity index is 991. The Morgan fingerprint density at radius 2 is 1.70 bits per heavy atom. The number of hydrogen-bond acceptors (Lipinski definition) is 6.